The molecular weight excluding hydrogens is 204 g/mol. The SMILES string of the molecule is CCN(CC)CCNCC(=O)OC(C)(C)C. The van der Waals surface area contributed by atoms with Crippen LogP contribution in [0.1, 0.15) is 34.6 Å². The Hall–Kier alpha value is -0.610. The van der Waals surface area contributed by atoms with E-state index in [0.29, 0.717) is 6.54 Å². The number of nitrogens with zero attached hydrogens (tertiary/aromatic N) is 1. The average molecular weight is 230 g/mol. The van der Waals surface area contributed by atoms with Crippen LogP contribution in [0.4, 0.5) is 0 Å². The van der Waals surface area contributed by atoms with E-state index in [0.717, 1.165) is 26.2 Å². The van der Waals surface area contributed by atoms with Gasteiger partial charge in [0.1, 0.15) is 5.60 Å². The first-order valence-corrected chi connectivity index (χ1v) is 6.04. The molecule has 0 aromatic heterocycles. The normalized spacial score (nSPS) is 11.9. The number of likely N-dealkylation sites (N-methyl/N-ethyl adjacent to an activating group) is 1. The third kappa shape index (κ3) is 8.68. The molecule has 0 amide bonds. The van der Waals surface area contributed by atoms with Crippen molar-refractivity contribution in [3.63, 3.8) is 0 Å². The summed E-state index contributed by atoms with van der Waals surface area (Å²) in [6, 6.07) is 0. The highest BCUT2D eigenvalue weighted by molar-refractivity contribution is 5.72. The van der Waals surface area contributed by atoms with Crippen LogP contribution in [0, 0.1) is 0 Å². The first-order valence-electron chi connectivity index (χ1n) is 6.04. The summed E-state index contributed by atoms with van der Waals surface area (Å²) in [6.45, 7) is 14.1. The van der Waals surface area contributed by atoms with Crippen molar-refractivity contribution in [3.8, 4) is 0 Å². The molecule has 1 N–H and O–H groups in total. The van der Waals surface area contributed by atoms with Gasteiger partial charge in [0.25, 0.3) is 0 Å². The summed E-state index contributed by atoms with van der Waals surface area (Å²) < 4.78 is 5.18. The molecule has 0 aromatic rings. The molecule has 0 aliphatic rings. The highest BCUT2D eigenvalue weighted by atomic mass is 16.6. The summed E-state index contributed by atoms with van der Waals surface area (Å²) in [4.78, 5) is 13.7. The lowest BCUT2D eigenvalue weighted by Crippen LogP contribution is -2.36. The maximum atomic E-state index is 11.3. The summed E-state index contributed by atoms with van der Waals surface area (Å²) in [5.41, 5.74) is -0.391. The van der Waals surface area contributed by atoms with Crippen LogP contribution in [-0.4, -0.2) is 49.2 Å². The summed E-state index contributed by atoms with van der Waals surface area (Å²) in [7, 11) is 0. The van der Waals surface area contributed by atoms with E-state index >= 15 is 0 Å². The van der Waals surface area contributed by atoms with Gasteiger partial charge in [-0.05, 0) is 33.9 Å². The van der Waals surface area contributed by atoms with Gasteiger partial charge in [-0.1, -0.05) is 13.8 Å². The molecule has 96 valence electrons. The molecule has 0 bridgehead atoms. The Morgan fingerprint density at radius 1 is 1.25 bits per heavy atom. The number of ether oxygens (including phenoxy) is 1. The van der Waals surface area contributed by atoms with Gasteiger partial charge in [-0.2, -0.15) is 0 Å². The van der Waals surface area contributed by atoms with E-state index in [-0.39, 0.29) is 5.97 Å². The van der Waals surface area contributed by atoms with Gasteiger partial charge in [0.05, 0.1) is 6.54 Å². The zero-order valence-corrected chi connectivity index (χ0v) is 11.3. The molecular formula is C12H26N2O2. The molecule has 0 saturated heterocycles. The second-order valence-corrected chi connectivity index (χ2v) is 4.79. The van der Waals surface area contributed by atoms with E-state index in [1.807, 2.05) is 20.8 Å². The van der Waals surface area contributed by atoms with Crippen LogP contribution in [0.15, 0.2) is 0 Å². The van der Waals surface area contributed by atoms with Crippen molar-refractivity contribution < 1.29 is 9.53 Å². The topological polar surface area (TPSA) is 41.6 Å². The van der Waals surface area contributed by atoms with Gasteiger partial charge in [-0.25, -0.2) is 0 Å². The van der Waals surface area contributed by atoms with Gasteiger partial charge in [0.2, 0.25) is 0 Å². The van der Waals surface area contributed by atoms with Crippen LogP contribution < -0.4 is 5.32 Å². The van der Waals surface area contributed by atoms with Crippen LogP contribution in [-0.2, 0) is 9.53 Å². The number of hydrogen-bond acceptors (Lipinski definition) is 4. The van der Waals surface area contributed by atoms with Crippen LogP contribution in [0.5, 0.6) is 0 Å². The molecule has 0 radical (unpaired) electrons. The van der Waals surface area contributed by atoms with E-state index in [2.05, 4.69) is 24.1 Å². The van der Waals surface area contributed by atoms with E-state index in [9.17, 15) is 4.79 Å². The van der Waals surface area contributed by atoms with Crippen molar-refractivity contribution in [2.75, 3.05) is 32.7 Å². The van der Waals surface area contributed by atoms with Crippen molar-refractivity contribution >= 4 is 5.97 Å². The summed E-state index contributed by atoms with van der Waals surface area (Å²) >= 11 is 0. The molecule has 0 fully saturated rings. The number of rotatable bonds is 7. The van der Waals surface area contributed by atoms with E-state index in [1.54, 1.807) is 0 Å². The van der Waals surface area contributed by atoms with Gasteiger partial charge in [0.15, 0.2) is 0 Å². The van der Waals surface area contributed by atoms with Gasteiger partial charge >= 0.3 is 5.97 Å². The lowest BCUT2D eigenvalue weighted by Gasteiger charge is -2.20. The van der Waals surface area contributed by atoms with Gasteiger partial charge < -0.3 is 15.0 Å². The van der Waals surface area contributed by atoms with Gasteiger partial charge in [-0.15, -0.1) is 0 Å². The summed E-state index contributed by atoms with van der Waals surface area (Å²) in [6.07, 6.45) is 0. The Kier molecular flexibility index (Phi) is 7.34. The average Bonchev–Trinajstić information content (AvgIpc) is 2.15. The van der Waals surface area contributed by atoms with Crippen LogP contribution >= 0.6 is 0 Å². The fourth-order valence-electron chi connectivity index (χ4n) is 1.35. The van der Waals surface area contributed by atoms with Crippen molar-refractivity contribution in [3.05, 3.63) is 0 Å². The highest BCUT2D eigenvalue weighted by Gasteiger charge is 2.15. The van der Waals surface area contributed by atoms with Crippen LogP contribution in [0.2, 0.25) is 0 Å². The number of esters is 1. The highest BCUT2D eigenvalue weighted by Crippen LogP contribution is 2.05. The Balaban J connectivity index is 3.55. The fourth-order valence-corrected chi connectivity index (χ4v) is 1.35. The lowest BCUT2D eigenvalue weighted by molar-refractivity contribution is -0.153. The Morgan fingerprint density at radius 3 is 2.25 bits per heavy atom. The second-order valence-electron chi connectivity index (χ2n) is 4.79. The van der Waals surface area contributed by atoms with E-state index < -0.39 is 5.60 Å². The van der Waals surface area contributed by atoms with Gasteiger partial charge in [-0.3, -0.25) is 4.79 Å². The number of nitrogens with one attached hydrogen (secondary N) is 1. The molecule has 0 heterocycles. The molecule has 4 heteroatoms. The molecule has 16 heavy (non-hydrogen) atoms. The van der Waals surface area contributed by atoms with E-state index in [1.165, 1.54) is 0 Å². The Morgan fingerprint density at radius 2 is 1.81 bits per heavy atom. The minimum atomic E-state index is -0.391. The molecule has 4 nitrogen and oxygen atoms in total. The predicted octanol–water partition coefficient (Wildman–Crippen LogP) is 1.26. The number of carbonyl (C=O) groups excluding carboxylic acids is 1. The fraction of sp³-hybridized carbons (Fsp3) is 0.917. The zero-order valence-electron chi connectivity index (χ0n) is 11.3. The molecule has 0 spiro atoms. The first-order chi connectivity index (χ1) is 7.39. The summed E-state index contributed by atoms with van der Waals surface area (Å²) in [5.74, 6) is -0.188. The number of carbonyl (C=O) groups is 1. The molecule has 0 aliphatic heterocycles. The van der Waals surface area contributed by atoms with Crippen molar-refractivity contribution in [1.29, 1.82) is 0 Å². The zero-order chi connectivity index (χ0) is 12.6. The maximum Gasteiger partial charge on any atom is 0.320 e. The third-order valence-corrected chi connectivity index (χ3v) is 2.19. The molecule has 0 rings (SSSR count). The van der Waals surface area contributed by atoms with Crippen molar-refractivity contribution in [2.45, 2.75) is 40.2 Å². The maximum absolute atomic E-state index is 11.3. The minimum Gasteiger partial charge on any atom is -0.459 e. The van der Waals surface area contributed by atoms with E-state index in [4.69, 9.17) is 4.74 Å². The molecule has 0 unspecified atom stereocenters. The monoisotopic (exact) mass is 230 g/mol. The Labute approximate surface area is 99.3 Å². The van der Waals surface area contributed by atoms with Crippen LogP contribution in [0.3, 0.4) is 0 Å². The predicted molar refractivity (Wildman–Crippen MR) is 66.5 cm³/mol. The number of hydrogen-bond donors (Lipinski definition) is 1. The molecule has 0 atom stereocenters. The van der Waals surface area contributed by atoms with Crippen molar-refractivity contribution in [1.82, 2.24) is 10.2 Å². The third-order valence-electron chi connectivity index (χ3n) is 2.19. The Bertz CT molecular complexity index is 196. The second kappa shape index (κ2) is 7.63. The van der Waals surface area contributed by atoms with Gasteiger partial charge in [0, 0.05) is 13.1 Å². The van der Waals surface area contributed by atoms with Crippen molar-refractivity contribution in [2.24, 2.45) is 0 Å². The minimum absolute atomic E-state index is 0.188. The standard InChI is InChI=1S/C12H26N2O2/c1-6-14(7-2)9-8-13-10-11(15)16-12(3,4)5/h13H,6-10H2,1-5H3. The first kappa shape index (κ1) is 15.4. The molecule has 0 saturated carbocycles. The van der Waals surface area contributed by atoms with Crippen LogP contribution in [0.25, 0.3) is 0 Å². The summed E-state index contributed by atoms with van der Waals surface area (Å²) in [5, 5.41) is 3.09. The quantitative estimate of drug-likeness (QED) is 0.528. The lowest BCUT2D eigenvalue weighted by atomic mass is 10.2. The smallest absolute Gasteiger partial charge is 0.320 e. The molecule has 0 aromatic carbocycles. The largest absolute Gasteiger partial charge is 0.459 e. The molecule has 0 aliphatic carbocycles.